The van der Waals surface area contributed by atoms with Crippen LogP contribution in [0.4, 0.5) is 0 Å². The first-order chi connectivity index (χ1) is 10.2. The van der Waals surface area contributed by atoms with Gasteiger partial charge in [0.1, 0.15) is 5.58 Å². The first-order valence-electron chi connectivity index (χ1n) is 7.56. The smallest absolute Gasteiger partial charge is 0.289 e. The van der Waals surface area contributed by atoms with Crippen molar-refractivity contribution in [1.29, 1.82) is 0 Å². The zero-order valence-electron chi connectivity index (χ0n) is 12.3. The van der Waals surface area contributed by atoms with Crippen LogP contribution < -0.4 is 0 Å². The molecule has 1 amide bonds. The summed E-state index contributed by atoms with van der Waals surface area (Å²) < 4.78 is 5.73. The lowest BCUT2D eigenvalue weighted by molar-refractivity contribution is 0.0700. The average molecular weight is 306 g/mol. The van der Waals surface area contributed by atoms with Crippen LogP contribution in [0.1, 0.15) is 41.8 Å². The van der Waals surface area contributed by atoms with Crippen LogP contribution in [-0.2, 0) is 0 Å². The summed E-state index contributed by atoms with van der Waals surface area (Å²) in [7, 11) is 0. The van der Waals surface area contributed by atoms with Crippen molar-refractivity contribution in [1.82, 2.24) is 4.90 Å². The minimum Gasteiger partial charge on any atom is -0.451 e. The molecule has 0 spiro atoms. The van der Waals surface area contributed by atoms with Crippen molar-refractivity contribution >= 4 is 28.5 Å². The number of benzene rings is 1. The maximum Gasteiger partial charge on any atom is 0.289 e. The van der Waals surface area contributed by atoms with Crippen LogP contribution in [0.15, 0.2) is 28.7 Å². The van der Waals surface area contributed by atoms with Crippen molar-refractivity contribution in [2.75, 3.05) is 12.4 Å². The number of furan rings is 1. The van der Waals surface area contributed by atoms with Gasteiger partial charge in [0.25, 0.3) is 5.91 Å². The lowest BCUT2D eigenvalue weighted by atomic mass is 10.1. The molecule has 2 aromatic rings. The molecule has 0 radical (unpaired) electrons. The first-order valence-corrected chi connectivity index (χ1v) is 8.09. The Morgan fingerprint density at radius 2 is 2.29 bits per heavy atom. The van der Waals surface area contributed by atoms with Crippen molar-refractivity contribution in [3.63, 3.8) is 0 Å². The van der Waals surface area contributed by atoms with Gasteiger partial charge in [-0.05, 0) is 50.8 Å². The Balaban J connectivity index is 1.82. The molecule has 21 heavy (non-hydrogen) atoms. The molecule has 1 unspecified atom stereocenters. The lowest BCUT2D eigenvalue weighted by Gasteiger charge is -2.23. The predicted molar refractivity (Wildman–Crippen MR) is 85.0 cm³/mol. The predicted octanol–water partition coefficient (Wildman–Crippen LogP) is 4.36. The van der Waals surface area contributed by atoms with Gasteiger partial charge in [-0.2, -0.15) is 0 Å². The van der Waals surface area contributed by atoms with Crippen molar-refractivity contribution in [3.05, 3.63) is 35.6 Å². The van der Waals surface area contributed by atoms with Gasteiger partial charge in [0, 0.05) is 23.9 Å². The molecule has 4 heteroatoms. The monoisotopic (exact) mass is 305 g/mol. The third-order valence-electron chi connectivity index (χ3n) is 4.19. The van der Waals surface area contributed by atoms with E-state index in [0.717, 1.165) is 43.2 Å². The van der Waals surface area contributed by atoms with E-state index in [1.165, 1.54) is 5.56 Å². The number of fused-ring (bicyclic) bond motifs is 1. The van der Waals surface area contributed by atoms with E-state index in [2.05, 4.69) is 0 Å². The number of rotatable bonds is 4. The zero-order chi connectivity index (χ0) is 14.8. The largest absolute Gasteiger partial charge is 0.451 e. The summed E-state index contributed by atoms with van der Waals surface area (Å²) in [6.45, 7) is 2.86. The first kappa shape index (κ1) is 14.5. The van der Waals surface area contributed by atoms with Gasteiger partial charge in [-0.15, -0.1) is 11.6 Å². The Morgan fingerprint density at radius 3 is 3.10 bits per heavy atom. The Bertz CT molecular complexity index is 649. The average Bonchev–Trinajstić information content (AvgIpc) is 3.10. The molecule has 1 aliphatic rings. The fourth-order valence-electron chi connectivity index (χ4n) is 3.13. The van der Waals surface area contributed by atoms with Gasteiger partial charge in [-0.3, -0.25) is 4.79 Å². The van der Waals surface area contributed by atoms with E-state index in [0.29, 0.717) is 17.7 Å². The number of likely N-dealkylation sites (tertiary alicyclic amines) is 1. The molecule has 1 aromatic heterocycles. The van der Waals surface area contributed by atoms with E-state index in [9.17, 15) is 4.79 Å². The maximum absolute atomic E-state index is 12.7. The summed E-state index contributed by atoms with van der Waals surface area (Å²) in [4.78, 5) is 14.6. The van der Waals surface area contributed by atoms with E-state index >= 15 is 0 Å². The number of aryl methyl sites for hydroxylation is 1. The highest BCUT2D eigenvalue weighted by molar-refractivity contribution is 6.17. The number of halogens is 1. The quantitative estimate of drug-likeness (QED) is 0.786. The molecule has 0 aliphatic carbocycles. The maximum atomic E-state index is 12.7. The molecule has 1 saturated heterocycles. The van der Waals surface area contributed by atoms with Gasteiger partial charge in [0.15, 0.2) is 5.76 Å². The summed E-state index contributed by atoms with van der Waals surface area (Å²) in [6.07, 6.45) is 4.07. The highest BCUT2D eigenvalue weighted by Gasteiger charge is 2.30. The van der Waals surface area contributed by atoms with Crippen molar-refractivity contribution < 1.29 is 9.21 Å². The Morgan fingerprint density at radius 1 is 1.43 bits per heavy atom. The van der Waals surface area contributed by atoms with Gasteiger partial charge in [0.05, 0.1) is 0 Å². The number of amides is 1. The molecule has 0 N–H and O–H groups in total. The van der Waals surface area contributed by atoms with E-state index in [-0.39, 0.29) is 5.91 Å². The number of nitrogens with zero attached hydrogens (tertiary/aromatic N) is 1. The summed E-state index contributed by atoms with van der Waals surface area (Å²) in [5.41, 5.74) is 1.95. The van der Waals surface area contributed by atoms with Gasteiger partial charge < -0.3 is 9.32 Å². The highest BCUT2D eigenvalue weighted by Crippen LogP contribution is 2.27. The second kappa shape index (κ2) is 6.10. The van der Waals surface area contributed by atoms with Crippen LogP contribution >= 0.6 is 11.6 Å². The van der Waals surface area contributed by atoms with Crippen LogP contribution in [0.2, 0.25) is 0 Å². The molecule has 3 rings (SSSR count). The number of alkyl halides is 1. The number of hydrogen-bond donors (Lipinski definition) is 0. The fraction of sp³-hybridized carbons (Fsp3) is 0.471. The summed E-state index contributed by atoms with van der Waals surface area (Å²) in [6, 6.07) is 8.15. The van der Waals surface area contributed by atoms with Crippen LogP contribution in [-0.4, -0.2) is 29.3 Å². The number of carbonyl (C=O) groups excluding carboxylic acids is 1. The third kappa shape index (κ3) is 2.93. The topological polar surface area (TPSA) is 33.5 Å². The van der Waals surface area contributed by atoms with Gasteiger partial charge in [-0.1, -0.05) is 11.6 Å². The Kier molecular flexibility index (Phi) is 4.20. The molecule has 0 saturated carbocycles. The van der Waals surface area contributed by atoms with Crippen LogP contribution in [0.3, 0.4) is 0 Å². The summed E-state index contributed by atoms with van der Waals surface area (Å²) in [5, 5.41) is 0.995. The third-order valence-corrected chi connectivity index (χ3v) is 4.46. The lowest BCUT2D eigenvalue weighted by Crippen LogP contribution is -2.35. The normalized spacial score (nSPS) is 18.6. The minimum absolute atomic E-state index is 0.0147. The Hall–Kier alpha value is -1.48. The number of hydrogen-bond acceptors (Lipinski definition) is 2. The van der Waals surface area contributed by atoms with Gasteiger partial charge >= 0.3 is 0 Å². The van der Waals surface area contributed by atoms with Crippen LogP contribution in [0.25, 0.3) is 11.0 Å². The molecular formula is C17H20ClNO2. The van der Waals surface area contributed by atoms with Crippen LogP contribution in [0, 0.1) is 6.92 Å². The minimum atomic E-state index is 0.0147. The van der Waals surface area contributed by atoms with Crippen molar-refractivity contribution in [2.24, 2.45) is 0 Å². The van der Waals surface area contributed by atoms with Crippen LogP contribution in [0.5, 0.6) is 0 Å². The van der Waals surface area contributed by atoms with E-state index in [4.69, 9.17) is 16.0 Å². The van der Waals surface area contributed by atoms with E-state index < -0.39 is 0 Å². The summed E-state index contributed by atoms with van der Waals surface area (Å²) in [5.74, 6) is 1.12. The molecule has 1 atom stereocenters. The molecular weight excluding hydrogens is 286 g/mol. The van der Waals surface area contributed by atoms with Crippen molar-refractivity contribution in [3.8, 4) is 0 Å². The fourth-order valence-corrected chi connectivity index (χ4v) is 3.28. The summed E-state index contributed by atoms with van der Waals surface area (Å²) >= 11 is 5.77. The molecule has 1 aliphatic heterocycles. The molecule has 2 heterocycles. The molecule has 3 nitrogen and oxygen atoms in total. The van der Waals surface area contributed by atoms with E-state index in [1.54, 1.807) is 0 Å². The standard InChI is InChI=1S/C17H20ClNO2/c1-12-6-7-15-13(10-12)11-16(21-15)17(20)19-9-3-5-14(19)4-2-8-18/h6-7,10-11,14H,2-5,8-9H2,1H3. The van der Waals surface area contributed by atoms with Crippen molar-refractivity contribution in [2.45, 2.75) is 38.6 Å². The molecule has 1 fully saturated rings. The van der Waals surface area contributed by atoms with Gasteiger partial charge in [-0.25, -0.2) is 0 Å². The highest BCUT2D eigenvalue weighted by atomic mass is 35.5. The second-order valence-corrected chi connectivity index (χ2v) is 6.16. The number of carbonyl (C=O) groups is 1. The molecule has 112 valence electrons. The zero-order valence-corrected chi connectivity index (χ0v) is 13.0. The second-order valence-electron chi connectivity index (χ2n) is 5.78. The SMILES string of the molecule is Cc1ccc2oc(C(=O)N3CCCC3CCCCl)cc2c1. The molecule has 1 aromatic carbocycles. The Labute approximate surface area is 129 Å². The van der Waals surface area contributed by atoms with Gasteiger partial charge in [0.2, 0.25) is 0 Å². The van der Waals surface area contributed by atoms with E-state index in [1.807, 2.05) is 36.1 Å². The molecule has 0 bridgehead atoms.